The van der Waals surface area contributed by atoms with Gasteiger partial charge in [0, 0.05) is 43.9 Å². The van der Waals surface area contributed by atoms with Gasteiger partial charge in [-0.3, -0.25) is 10.1 Å². The van der Waals surface area contributed by atoms with E-state index in [0.717, 1.165) is 56.9 Å². The molecule has 6 nitrogen and oxygen atoms in total. The highest BCUT2D eigenvalue weighted by atomic mass is 16.6. The molecule has 1 aliphatic rings. The molecule has 0 spiro atoms. The fraction of sp³-hybridized carbons (Fsp3) is 0.500. The van der Waals surface area contributed by atoms with E-state index in [0.29, 0.717) is 5.75 Å². The zero-order valence-electron chi connectivity index (χ0n) is 18.6. The highest BCUT2D eigenvalue weighted by Gasteiger charge is 2.17. The summed E-state index contributed by atoms with van der Waals surface area (Å²) in [7, 11) is 2.15. The van der Waals surface area contributed by atoms with E-state index in [1.54, 1.807) is 12.1 Å². The average molecular weight is 412 g/mol. The molecule has 30 heavy (non-hydrogen) atoms. The average Bonchev–Trinajstić information content (AvgIpc) is 2.70. The van der Waals surface area contributed by atoms with Crippen LogP contribution in [0, 0.1) is 10.1 Å². The van der Waals surface area contributed by atoms with Gasteiger partial charge in [0.05, 0.1) is 4.92 Å². The molecule has 0 aromatic heterocycles. The zero-order valence-corrected chi connectivity index (χ0v) is 18.6. The lowest BCUT2D eigenvalue weighted by atomic mass is 9.87. The lowest BCUT2D eigenvalue weighted by Crippen LogP contribution is -2.44. The van der Waals surface area contributed by atoms with E-state index >= 15 is 0 Å². The Labute approximate surface area is 179 Å². The van der Waals surface area contributed by atoms with Crippen LogP contribution < -0.4 is 4.74 Å². The van der Waals surface area contributed by atoms with Crippen molar-refractivity contribution in [3.05, 3.63) is 63.7 Å². The van der Waals surface area contributed by atoms with Crippen LogP contribution in [0.15, 0.2) is 42.5 Å². The number of ether oxygens (including phenoxy) is 1. The second-order valence-electron chi connectivity index (χ2n) is 9.17. The molecule has 0 radical (unpaired) electrons. The highest BCUT2D eigenvalue weighted by molar-refractivity contribution is 5.46. The molecule has 2 aromatic carbocycles. The van der Waals surface area contributed by atoms with Crippen molar-refractivity contribution in [3.63, 3.8) is 0 Å². The van der Waals surface area contributed by atoms with Gasteiger partial charge in [-0.15, -0.1) is 0 Å². The normalized spacial score (nSPS) is 15.9. The first-order valence-electron chi connectivity index (χ1n) is 10.7. The Morgan fingerprint density at radius 3 is 2.30 bits per heavy atom. The van der Waals surface area contributed by atoms with Crippen LogP contribution in [0.25, 0.3) is 0 Å². The Hall–Kier alpha value is -2.44. The maximum absolute atomic E-state index is 11.3. The topological polar surface area (TPSA) is 58.9 Å². The summed E-state index contributed by atoms with van der Waals surface area (Å²) in [4.78, 5) is 15.7. The van der Waals surface area contributed by atoms with Crippen molar-refractivity contribution in [2.45, 2.75) is 39.0 Å². The van der Waals surface area contributed by atoms with E-state index < -0.39 is 0 Å². The Balaban J connectivity index is 1.69. The second-order valence-corrected chi connectivity index (χ2v) is 9.17. The van der Waals surface area contributed by atoms with Crippen molar-refractivity contribution >= 4 is 5.69 Å². The summed E-state index contributed by atoms with van der Waals surface area (Å²) in [6.45, 7) is 11.9. The third-order valence-electron chi connectivity index (χ3n) is 5.72. The lowest BCUT2D eigenvalue weighted by molar-refractivity contribution is -0.384. The summed E-state index contributed by atoms with van der Waals surface area (Å²) in [5, 5.41) is 11.3. The largest absolute Gasteiger partial charge is 0.457 e. The molecule has 0 atom stereocenters. The molecule has 1 fully saturated rings. The number of nitrogens with zero attached hydrogens (tertiary/aromatic N) is 3. The Morgan fingerprint density at radius 1 is 1.03 bits per heavy atom. The summed E-state index contributed by atoms with van der Waals surface area (Å²) in [5.41, 5.74) is 2.32. The zero-order chi connectivity index (χ0) is 21.7. The number of hydrogen-bond acceptors (Lipinski definition) is 5. The van der Waals surface area contributed by atoms with Gasteiger partial charge < -0.3 is 14.5 Å². The Kier molecular flexibility index (Phi) is 7.10. The van der Waals surface area contributed by atoms with Crippen molar-refractivity contribution in [3.8, 4) is 11.5 Å². The molecule has 0 bridgehead atoms. The first-order valence-corrected chi connectivity index (χ1v) is 10.7. The number of nitro groups is 1. The Bertz CT molecular complexity index is 851. The summed E-state index contributed by atoms with van der Waals surface area (Å²) in [6, 6.07) is 13.0. The number of hydrogen-bond donors (Lipinski definition) is 0. The first kappa shape index (κ1) is 22.2. The first-order chi connectivity index (χ1) is 14.2. The quantitative estimate of drug-likeness (QED) is 0.481. The molecule has 2 aromatic rings. The molecule has 1 saturated heterocycles. The Morgan fingerprint density at radius 2 is 1.70 bits per heavy atom. The fourth-order valence-corrected chi connectivity index (χ4v) is 3.69. The van der Waals surface area contributed by atoms with E-state index in [1.165, 1.54) is 11.6 Å². The molecule has 1 heterocycles. The number of aryl methyl sites for hydroxylation is 1. The van der Waals surface area contributed by atoms with Crippen molar-refractivity contribution in [2.24, 2.45) is 0 Å². The van der Waals surface area contributed by atoms with Crippen LogP contribution in [0.3, 0.4) is 0 Å². The predicted octanol–water partition coefficient (Wildman–Crippen LogP) is 4.86. The third kappa shape index (κ3) is 6.03. The van der Waals surface area contributed by atoms with Crippen LogP contribution >= 0.6 is 0 Å². The predicted molar refractivity (Wildman–Crippen MR) is 121 cm³/mol. The molecule has 6 heteroatoms. The molecule has 1 aliphatic heterocycles. The van der Waals surface area contributed by atoms with Gasteiger partial charge in [-0.2, -0.15) is 0 Å². The van der Waals surface area contributed by atoms with Gasteiger partial charge in [0.1, 0.15) is 11.5 Å². The van der Waals surface area contributed by atoms with Crippen LogP contribution in [-0.2, 0) is 11.8 Å². The monoisotopic (exact) mass is 411 g/mol. The number of likely N-dealkylation sites (N-methyl/N-ethyl adjacent to an activating group) is 1. The van der Waals surface area contributed by atoms with Crippen LogP contribution in [0.1, 0.15) is 38.3 Å². The van der Waals surface area contributed by atoms with E-state index in [9.17, 15) is 10.1 Å². The van der Waals surface area contributed by atoms with Gasteiger partial charge >= 0.3 is 0 Å². The van der Waals surface area contributed by atoms with Gasteiger partial charge in [0.15, 0.2) is 0 Å². The van der Waals surface area contributed by atoms with Crippen molar-refractivity contribution in [1.29, 1.82) is 0 Å². The number of non-ortho nitro benzene ring substituents is 1. The minimum Gasteiger partial charge on any atom is -0.457 e. The third-order valence-corrected chi connectivity index (χ3v) is 5.72. The van der Waals surface area contributed by atoms with Crippen molar-refractivity contribution in [2.75, 3.05) is 39.8 Å². The van der Waals surface area contributed by atoms with E-state index in [4.69, 9.17) is 4.74 Å². The van der Waals surface area contributed by atoms with Crippen LogP contribution in [-0.4, -0.2) is 54.5 Å². The maximum atomic E-state index is 11.3. The van der Waals surface area contributed by atoms with Gasteiger partial charge in [-0.25, -0.2) is 0 Å². The number of benzene rings is 2. The second kappa shape index (κ2) is 9.58. The van der Waals surface area contributed by atoms with Crippen LogP contribution in [0.2, 0.25) is 0 Å². The number of rotatable bonds is 7. The molecule has 0 saturated carbocycles. The van der Waals surface area contributed by atoms with Gasteiger partial charge in [-0.05, 0) is 55.6 Å². The molecule has 0 N–H and O–H groups in total. The lowest BCUT2D eigenvalue weighted by Gasteiger charge is -2.32. The van der Waals surface area contributed by atoms with Crippen molar-refractivity contribution in [1.82, 2.24) is 9.80 Å². The fourth-order valence-electron chi connectivity index (χ4n) is 3.69. The van der Waals surface area contributed by atoms with Crippen LogP contribution in [0.4, 0.5) is 5.69 Å². The maximum Gasteiger partial charge on any atom is 0.269 e. The summed E-state index contributed by atoms with van der Waals surface area (Å²) in [5.74, 6) is 1.44. The molecule has 3 rings (SSSR count). The van der Waals surface area contributed by atoms with E-state index in [-0.39, 0.29) is 16.0 Å². The van der Waals surface area contributed by atoms with E-state index in [1.807, 2.05) is 12.1 Å². The van der Waals surface area contributed by atoms with Crippen LogP contribution in [0.5, 0.6) is 11.5 Å². The standard InChI is InChI=1S/C24H33N3O3/c1-24(2,3)20-7-10-22(11-8-20)30-23-12-9-21(27(28)29)18-19(23)6-5-13-26-16-14-25(4)15-17-26/h7-12,18H,5-6,13-17H2,1-4H3. The smallest absolute Gasteiger partial charge is 0.269 e. The number of nitro benzene ring substituents is 1. The minimum atomic E-state index is -0.341. The molecular weight excluding hydrogens is 378 g/mol. The molecule has 0 amide bonds. The minimum absolute atomic E-state index is 0.0836. The number of piperazine rings is 1. The SMILES string of the molecule is CN1CCN(CCCc2cc([N+](=O)[O-])ccc2Oc2ccc(C(C)(C)C)cc2)CC1. The molecule has 162 valence electrons. The molecule has 0 aliphatic carbocycles. The van der Waals surface area contributed by atoms with Gasteiger partial charge in [0.25, 0.3) is 5.69 Å². The van der Waals surface area contributed by atoms with Crippen molar-refractivity contribution < 1.29 is 9.66 Å². The highest BCUT2D eigenvalue weighted by Crippen LogP contribution is 2.31. The molecular formula is C24H33N3O3. The molecule has 0 unspecified atom stereocenters. The van der Waals surface area contributed by atoms with E-state index in [2.05, 4.69) is 49.8 Å². The van der Waals surface area contributed by atoms with Gasteiger partial charge in [-0.1, -0.05) is 32.9 Å². The summed E-state index contributed by atoms with van der Waals surface area (Å²) >= 11 is 0. The summed E-state index contributed by atoms with van der Waals surface area (Å²) < 4.78 is 6.13. The summed E-state index contributed by atoms with van der Waals surface area (Å²) in [6.07, 6.45) is 1.70. The van der Waals surface area contributed by atoms with Gasteiger partial charge in [0.2, 0.25) is 0 Å².